The Morgan fingerprint density at radius 3 is 2.83 bits per heavy atom. The van der Waals surface area contributed by atoms with E-state index in [1.54, 1.807) is 47.4 Å². The van der Waals surface area contributed by atoms with Gasteiger partial charge in [0, 0.05) is 23.3 Å². The summed E-state index contributed by atoms with van der Waals surface area (Å²) in [6, 6.07) is 12.2. The van der Waals surface area contributed by atoms with Crippen molar-refractivity contribution in [1.82, 2.24) is 9.97 Å². The van der Waals surface area contributed by atoms with Gasteiger partial charge in [0.15, 0.2) is 11.6 Å². The van der Waals surface area contributed by atoms with Crippen LogP contribution in [0.5, 0.6) is 5.75 Å². The zero-order valence-electron chi connectivity index (χ0n) is 15.4. The molecule has 0 bridgehead atoms. The van der Waals surface area contributed by atoms with Crippen LogP contribution in [0.3, 0.4) is 0 Å². The number of hydrogen-bond acceptors (Lipinski definition) is 6. The van der Waals surface area contributed by atoms with Gasteiger partial charge in [-0.15, -0.1) is 0 Å². The lowest BCUT2D eigenvalue weighted by Gasteiger charge is -2.29. The van der Waals surface area contributed by atoms with Gasteiger partial charge in [-0.05, 0) is 36.4 Å². The van der Waals surface area contributed by atoms with Crippen molar-refractivity contribution < 1.29 is 13.9 Å². The molecule has 9 heteroatoms. The summed E-state index contributed by atoms with van der Waals surface area (Å²) in [5.74, 6) is 0.161. The topological polar surface area (TPSA) is 79.4 Å². The summed E-state index contributed by atoms with van der Waals surface area (Å²) >= 11 is 5.96. The summed E-state index contributed by atoms with van der Waals surface area (Å²) in [7, 11) is 0. The number of halogens is 2. The Bertz CT molecular complexity index is 1080. The molecule has 148 valence electrons. The van der Waals surface area contributed by atoms with Gasteiger partial charge < -0.3 is 20.3 Å². The molecule has 1 aliphatic rings. The second kappa shape index (κ2) is 7.92. The van der Waals surface area contributed by atoms with E-state index in [2.05, 4.69) is 20.6 Å². The first kappa shape index (κ1) is 18.9. The normalized spacial score (nSPS) is 12.7. The molecule has 0 unspecified atom stereocenters. The van der Waals surface area contributed by atoms with Gasteiger partial charge in [0.05, 0.1) is 18.4 Å². The van der Waals surface area contributed by atoms with Crippen molar-refractivity contribution >= 4 is 46.3 Å². The maximum Gasteiger partial charge on any atom is 0.229 e. The van der Waals surface area contributed by atoms with E-state index in [4.69, 9.17) is 16.3 Å². The van der Waals surface area contributed by atoms with Crippen LogP contribution < -0.4 is 20.3 Å². The molecule has 0 aliphatic carbocycles. The van der Waals surface area contributed by atoms with Crippen LogP contribution in [-0.4, -0.2) is 29.0 Å². The van der Waals surface area contributed by atoms with Crippen LogP contribution in [0.25, 0.3) is 0 Å². The molecule has 2 heterocycles. The molecular formula is C20H17ClFN5O2. The van der Waals surface area contributed by atoms with Crippen molar-refractivity contribution in [3.05, 3.63) is 59.5 Å². The van der Waals surface area contributed by atoms with Crippen LogP contribution in [0.1, 0.15) is 6.92 Å². The Morgan fingerprint density at radius 2 is 2.03 bits per heavy atom. The Morgan fingerprint density at radius 1 is 1.21 bits per heavy atom. The Labute approximate surface area is 171 Å². The largest absolute Gasteiger partial charge is 0.490 e. The molecule has 0 fully saturated rings. The zero-order chi connectivity index (χ0) is 20.4. The first-order chi connectivity index (χ1) is 14.0. The van der Waals surface area contributed by atoms with Gasteiger partial charge in [-0.2, -0.15) is 4.98 Å². The third kappa shape index (κ3) is 4.22. The molecule has 0 radical (unpaired) electrons. The fourth-order valence-electron chi connectivity index (χ4n) is 2.97. The molecule has 0 saturated carbocycles. The smallest absolute Gasteiger partial charge is 0.229 e. The molecule has 0 atom stereocenters. The van der Waals surface area contributed by atoms with E-state index in [0.717, 1.165) is 6.20 Å². The van der Waals surface area contributed by atoms with Gasteiger partial charge >= 0.3 is 0 Å². The first-order valence-corrected chi connectivity index (χ1v) is 9.24. The van der Waals surface area contributed by atoms with Gasteiger partial charge in [-0.1, -0.05) is 17.7 Å². The number of fused-ring (bicyclic) bond motifs is 1. The van der Waals surface area contributed by atoms with E-state index in [1.807, 2.05) is 0 Å². The standard InChI is InChI=1S/C20H17ClFN5O2/c1-12(28)27-7-8-29-18-6-5-15(10-17(18)27)25-20-23-11-16(22)19(26-20)24-14-4-2-3-13(21)9-14/h2-6,9-11H,7-8H2,1H3,(H2,23,24,25,26). The second-order valence-corrected chi connectivity index (χ2v) is 6.79. The summed E-state index contributed by atoms with van der Waals surface area (Å²) in [6.45, 7) is 2.43. The van der Waals surface area contributed by atoms with Crippen LogP contribution in [0.4, 0.5) is 33.2 Å². The number of rotatable bonds is 4. The summed E-state index contributed by atoms with van der Waals surface area (Å²) < 4.78 is 19.7. The monoisotopic (exact) mass is 413 g/mol. The summed E-state index contributed by atoms with van der Waals surface area (Å²) in [5.41, 5.74) is 1.90. The highest BCUT2D eigenvalue weighted by Gasteiger charge is 2.21. The number of hydrogen-bond donors (Lipinski definition) is 2. The van der Waals surface area contributed by atoms with Crippen LogP contribution in [0.15, 0.2) is 48.7 Å². The predicted molar refractivity (Wildman–Crippen MR) is 110 cm³/mol. The maximum atomic E-state index is 14.2. The zero-order valence-corrected chi connectivity index (χ0v) is 16.2. The predicted octanol–water partition coefficient (Wildman–Crippen LogP) is 4.50. The minimum absolute atomic E-state index is 0.0106. The molecular weight excluding hydrogens is 397 g/mol. The van der Waals surface area contributed by atoms with Crippen molar-refractivity contribution in [2.75, 3.05) is 28.7 Å². The molecule has 7 nitrogen and oxygen atoms in total. The second-order valence-electron chi connectivity index (χ2n) is 6.35. The van der Waals surface area contributed by atoms with E-state index in [1.165, 1.54) is 6.92 Å². The highest BCUT2D eigenvalue weighted by molar-refractivity contribution is 6.30. The van der Waals surface area contributed by atoms with E-state index < -0.39 is 5.82 Å². The lowest BCUT2D eigenvalue weighted by molar-refractivity contribution is -0.116. The lowest BCUT2D eigenvalue weighted by Crippen LogP contribution is -2.36. The fourth-order valence-corrected chi connectivity index (χ4v) is 3.16. The molecule has 1 amide bonds. The number of nitrogens with zero attached hydrogens (tertiary/aromatic N) is 3. The fraction of sp³-hybridized carbons (Fsp3) is 0.150. The molecule has 1 aliphatic heterocycles. The molecule has 2 aromatic carbocycles. The van der Waals surface area contributed by atoms with Crippen molar-refractivity contribution in [3.8, 4) is 5.75 Å². The molecule has 0 spiro atoms. The SMILES string of the molecule is CC(=O)N1CCOc2ccc(Nc3ncc(F)c(Nc4cccc(Cl)c4)n3)cc21. The average Bonchev–Trinajstić information content (AvgIpc) is 2.70. The van der Waals surface area contributed by atoms with Crippen LogP contribution in [-0.2, 0) is 4.79 Å². The van der Waals surface area contributed by atoms with Gasteiger partial charge in [0.2, 0.25) is 11.9 Å². The number of nitrogens with one attached hydrogen (secondary N) is 2. The third-order valence-electron chi connectivity index (χ3n) is 4.29. The number of carbonyl (C=O) groups is 1. The van der Waals surface area contributed by atoms with Crippen molar-refractivity contribution in [2.45, 2.75) is 6.92 Å². The molecule has 29 heavy (non-hydrogen) atoms. The molecule has 4 rings (SSSR count). The van der Waals surface area contributed by atoms with Crippen molar-refractivity contribution in [3.63, 3.8) is 0 Å². The lowest BCUT2D eigenvalue weighted by atomic mass is 10.2. The van der Waals surface area contributed by atoms with Gasteiger partial charge in [0.1, 0.15) is 12.4 Å². The van der Waals surface area contributed by atoms with Crippen molar-refractivity contribution in [2.24, 2.45) is 0 Å². The Balaban J connectivity index is 1.59. The number of anilines is 5. The quantitative estimate of drug-likeness (QED) is 0.655. The van der Waals surface area contributed by atoms with Gasteiger partial charge in [0.25, 0.3) is 0 Å². The average molecular weight is 414 g/mol. The summed E-state index contributed by atoms with van der Waals surface area (Å²) in [4.78, 5) is 21.7. The Kier molecular flexibility index (Phi) is 5.18. The number of aromatic nitrogens is 2. The van der Waals surface area contributed by atoms with Gasteiger partial charge in [-0.25, -0.2) is 9.37 Å². The van der Waals surface area contributed by atoms with E-state index in [-0.39, 0.29) is 17.7 Å². The molecule has 2 N–H and O–H groups in total. The summed E-state index contributed by atoms with van der Waals surface area (Å²) in [5, 5.41) is 6.44. The van der Waals surface area contributed by atoms with Crippen molar-refractivity contribution in [1.29, 1.82) is 0 Å². The molecule has 3 aromatic rings. The number of carbonyl (C=O) groups excluding carboxylic acids is 1. The number of benzene rings is 2. The highest BCUT2D eigenvalue weighted by Crippen LogP contribution is 2.35. The van der Waals surface area contributed by atoms with E-state index in [0.29, 0.717) is 41.0 Å². The van der Waals surface area contributed by atoms with Gasteiger partial charge in [-0.3, -0.25) is 4.79 Å². The molecule has 1 aromatic heterocycles. The van der Waals surface area contributed by atoms with Crippen LogP contribution >= 0.6 is 11.6 Å². The minimum atomic E-state index is -0.600. The minimum Gasteiger partial charge on any atom is -0.490 e. The van der Waals surface area contributed by atoms with E-state index in [9.17, 15) is 9.18 Å². The van der Waals surface area contributed by atoms with E-state index >= 15 is 0 Å². The third-order valence-corrected chi connectivity index (χ3v) is 4.53. The number of amides is 1. The van der Waals surface area contributed by atoms with Crippen LogP contribution in [0.2, 0.25) is 5.02 Å². The highest BCUT2D eigenvalue weighted by atomic mass is 35.5. The van der Waals surface area contributed by atoms with Crippen LogP contribution in [0, 0.1) is 5.82 Å². The number of ether oxygens (including phenoxy) is 1. The first-order valence-electron chi connectivity index (χ1n) is 8.87. The summed E-state index contributed by atoms with van der Waals surface area (Å²) in [6.07, 6.45) is 1.08. The molecule has 0 saturated heterocycles. The maximum absolute atomic E-state index is 14.2. The Hall–Kier alpha value is -3.39.